The summed E-state index contributed by atoms with van der Waals surface area (Å²) in [4.78, 5) is 3.78. The Labute approximate surface area is 85.4 Å². The molecule has 1 saturated heterocycles. The third-order valence-electron chi connectivity index (χ3n) is 2.24. The molecule has 0 spiro atoms. The quantitative estimate of drug-likeness (QED) is 0.617. The maximum atomic E-state index is 2.39. The summed E-state index contributed by atoms with van der Waals surface area (Å²) in [6.07, 6.45) is 4.28. The molecule has 0 aromatic carbocycles. The lowest BCUT2D eigenvalue weighted by Gasteiger charge is -2.20. The monoisotopic (exact) mass is 197 g/mol. The number of rotatable bonds is 0. The Morgan fingerprint density at radius 1 is 1.23 bits per heavy atom. The molecule has 0 atom stereocenters. The third kappa shape index (κ3) is 5.06. The van der Waals surface area contributed by atoms with E-state index in [9.17, 15) is 0 Å². The first kappa shape index (κ1) is 10.7. The number of hydrogen-bond acceptors (Lipinski definition) is 2. The highest BCUT2D eigenvalue weighted by atomic mass is 32.1. The molecule has 1 nitrogen and oxygen atoms in total. The van der Waals surface area contributed by atoms with Crippen LogP contribution in [-0.2, 0) is 0 Å². The number of thiophene rings is 1. The molecule has 0 unspecified atom stereocenters. The van der Waals surface area contributed by atoms with Crippen LogP contribution in [0.5, 0.6) is 0 Å². The maximum Gasteiger partial charge on any atom is 0.00141 e. The Morgan fingerprint density at radius 3 is 2.15 bits per heavy atom. The summed E-state index contributed by atoms with van der Waals surface area (Å²) in [5, 5.41) is 2.08. The lowest BCUT2D eigenvalue weighted by molar-refractivity contribution is 0.277. The van der Waals surface area contributed by atoms with Gasteiger partial charge in [0.15, 0.2) is 0 Å². The zero-order valence-corrected chi connectivity index (χ0v) is 9.44. The van der Waals surface area contributed by atoms with E-state index < -0.39 is 0 Å². The molecule has 1 fully saturated rings. The minimum atomic E-state index is 1.32. The summed E-state index contributed by atoms with van der Waals surface area (Å²) in [5.74, 6) is 0. The average molecular weight is 197 g/mol. The van der Waals surface area contributed by atoms with Crippen molar-refractivity contribution < 1.29 is 0 Å². The van der Waals surface area contributed by atoms with E-state index in [0.717, 1.165) is 0 Å². The second-order valence-corrected chi connectivity index (χ2v) is 4.74. The first-order chi connectivity index (χ1) is 6.29. The maximum absolute atomic E-state index is 2.39. The predicted molar refractivity (Wildman–Crippen MR) is 60.4 cm³/mol. The molecule has 0 amide bonds. The van der Waals surface area contributed by atoms with Gasteiger partial charge < -0.3 is 4.90 Å². The fraction of sp³-hybridized carbons (Fsp3) is 0.636. The van der Waals surface area contributed by atoms with Crippen LogP contribution in [0.15, 0.2) is 17.5 Å². The topological polar surface area (TPSA) is 3.24 Å². The Bertz CT molecular complexity index is 200. The van der Waals surface area contributed by atoms with Gasteiger partial charge in [0, 0.05) is 4.88 Å². The van der Waals surface area contributed by atoms with E-state index in [-0.39, 0.29) is 0 Å². The largest absolute Gasteiger partial charge is 0.306 e. The van der Waals surface area contributed by atoms with Crippen molar-refractivity contribution in [2.24, 2.45) is 0 Å². The lowest BCUT2D eigenvalue weighted by atomic mass is 10.1. The van der Waals surface area contributed by atoms with Gasteiger partial charge in [-0.3, -0.25) is 0 Å². The number of nitrogens with zero attached hydrogens (tertiary/aromatic N) is 1. The first-order valence-corrected chi connectivity index (χ1v) is 5.85. The molecule has 0 N–H and O–H groups in total. The van der Waals surface area contributed by atoms with Crippen molar-refractivity contribution in [2.75, 3.05) is 20.1 Å². The van der Waals surface area contributed by atoms with Gasteiger partial charge in [0.05, 0.1) is 0 Å². The van der Waals surface area contributed by atoms with Crippen LogP contribution in [0.2, 0.25) is 0 Å². The molecule has 0 aliphatic carbocycles. The lowest BCUT2D eigenvalue weighted by Crippen LogP contribution is -2.24. The molecule has 0 saturated carbocycles. The van der Waals surface area contributed by atoms with Crippen LogP contribution in [0.1, 0.15) is 24.1 Å². The Kier molecular flexibility index (Phi) is 5.09. The molecule has 1 aromatic heterocycles. The van der Waals surface area contributed by atoms with Gasteiger partial charge in [-0.1, -0.05) is 12.5 Å². The van der Waals surface area contributed by atoms with Crippen molar-refractivity contribution in [1.29, 1.82) is 0 Å². The van der Waals surface area contributed by atoms with E-state index in [1.165, 1.54) is 37.2 Å². The fourth-order valence-electron chi connectivity index (χ4n) is 1.41. The molecule has 0 bridgehead atoms. The standard InChI is InChI=1S/C6H13N.C5H6S/c1-7-5-3-2-4-6-7;1-5-3-2-4-6-5/h2-6H2,1H3;2-4H,1H3. The van der Waals surface area contributed by atoms with Crippen molar-refractivity contribution in [3.05, 3.63) is 22.4 Å². The third-order valence-corrected chi connectivity index (χ3v) is 3.04. The molecule has 2 heterocycles. The second kappa shape index (κ2) is 6.17. The minimum absolute atomic E-state index is 1.32. The van der Waals surface area contributed by atoms with Crippen molar-refractivity contribution in [3.63, 3.8) is 0 Å². The van der Waals surface area contributed by atoms with Gasteiger partial charge >= 0.3 is 0 Å². The highest BCUT2D eigenvalue weighted by Crippen LogP contribution is 2.04. The van der Waals surface area contributed by atoms with Gasteiger partial charge in [-0.05, 0) is 51.3 Å². The Morgan fingerprint density at radius 2 is 1.92 bits per heavy atom. The van der Waals surface area contributed by atoms with Crippen molar-refractivity contribution in [3.8, 4) is 0 Å². The first-order valence-electron chi connectivity index (χ1n) is 4.97. The number of aryl methyl sites for hydroxylation is 1. The van der Waals surface area contributed by atoms with E-state index in [0.29, 0.717) is 0 Å². The van der Waals surface area contributed by atoms with Crippen molar-refractivity contribution in [1.82, 2.24) is 4.90 Å². The van der Waals surface area contributed by atoms with E-state index >= 15 is 0 Å². The second-order valence-electron chi connectivity index (χ2n) is 3.59. The molecule has 2 heteroatoms. The van der Waals surface area contributed by atoms with Crippen LogP contribution in [-0.4, -0.2) is 25.0 Å². The van der Waals surface area contributed by atoms with Crippen LogP contribution < -0.4 is 0 Å². The summed E-state index contributed by atoms with van der Waals surface area (Å²) in [7, 11) is 2.19. The SMILES string of the molecule is CN1CCCCC1.Cc1cccs1. The average Bonchev–Trinajstić information content (AvgIpc) is 2.58. The Hall–Kier alpha value is -0.340. The van der Waals surface area contributed by atoms with Gasteiger partial charge in [0.2, 0.25) is 0 Å². The zero-order chi connectivity index (χ0) is 9.52. The molecule has 74 valence electrons. The van der Waals surface area contributed by atoms with Gasteiger partial charge in [0.25, 0.3) is 0 Å². The van der Waals surface area contributed by atoms with Crippen molar-refractivity contribution in [2.45, 2.75) is 26.2 Å². The fourth-order valence-corrected chi connectivity index (χ4v) is 1.94. The minimum Gasteiger partial charge on any atom is -0.306 e. The van der Waals surface area contributed by atoms with E-state index in [1.807, 2.05) is 0 Å². The molecule has 0 radical (unpaired) electrons. The highest BCUT2D eigenvalue weighted by molar-refractivity contribution is 7.09. The van der Waals surface area contributed by atoms with Crippen LogP contribution in [0.3, 0.4) is 0 Å². The van der Waals surface area contributed by atoms with Gasteiger partial charge in [-0.25, -0.2) is 0 Å². The molecule has 1 aliphatic heterocycles. The molecule has 2 rings (SSSR count). The van der Waals surface area contributed by atoms with Gasteiger partial charge in [0.1, 0.15) is 0 Å². The number of likely N-dealkylation sites (tertiary alicyclic amines) is 1. The van der Waals surface area contributed by atoms with Gasteiger partial charge in [-0.15, -0.1) is 11.3 Å². The summed E-state index contributed by atoms with van der Waals surface area (Å²) in [6, 6.07) is 4.16. The summed E-state index contributed by atoms with van der Waals surface area (Å²) in [6.45, 7) is 4.74. The van der Waals surface area contributed by atoms with E-state index in [2.05, 4.69) is 36.4 Å². The summed E-state index contributed by atoms with van der Waals surface area (Å²) < 4.78 is 0. The molecule has 1 aliphatic rings. The van der Waals surface area contributed by atoms with Crippen LogP contribution in [0.25, 0.3) is 0 Å². The summed E-state index contributed by atoms with van der Waals surface area (Å²) in [5.41, 5.74) is 0. The van der Waals surface area contributed by atoms with Crippen LogP contribution in [0.4, 0.5) is 0 Å². The molecular weight excluding hydrogens is 178 g/mol. The van der Waals surface area contributed by atoms with Crippen LogP contribution >= 0.6 is 11.3 Å². The molecule has 1 aromatic rings. The van der Waals surface area contributed by atoms with Crippen molar-refractivity contribution >= 4 is 11.3 Å². The Balaban J connectivity index is 0.000000132. The number of piperidine rings is 1. The van der Waals surface area contributed by atoms with E-state index in [1.54, 1.807) is 11.3 Å². The molecule has 13 heavy (non-hydrogen) atoms. The number of hydrogen-bond donors (Lipinski definition) is 0. The predicted octanol–water partition coefficient (Wildman–Crippen LogP) is 3.16. The normalized spacial score (nSPS) is 17.7. The highest BCUT2D eigenvalue weighted by Gasteiger charge is 2.02. The zero-order valence-electron chi connectivity index (χ0n) is 8.62. The molecular formula is C11H19NS. The van der Waals surface area contributed by atoms with E-state index in [4.69, 9.17) is 0 Å². The summed E-state index contributed by atoms with van der Waals surface area (Å²) >= 11 is 1.78. The van der Waals surface area contributed by atoms with Gasteiger partial charge in [-0.2, -0.15) is 0 Å². The van der Waals surface area contributed by atoms with Crippen LogP contribution in [0, 0.1) is 6.92 Å². The smallest absolute Gasteiger partial charge is 0.00141 e.